The van der Waals surface area contributed by atoms with Crippen LogP contribution in [0, 0.1) is 0 Å². The van der Waals surface area contributed by atoms with Crippen molar-refractivity contribution >= 4 is 11.6 Å². The number of benzene rings is 1. The first-order valence-corrected chi connectivity index (χ1v) is 9.59. The molecule has 5 heteroatoms. The number of hydrogen-bond donors (Lipinski definition) is 2. The van der Waals surface area contributed by atoms with Crippen LogP contribution in [0.3, 0.4) is 0 Å². The van der Waals surface area contributed by atoms with Crippen molar-refractivity contribution in [2.45, 2.75) is 51.0 Å². The molecule has 5 nitrogen and oxygen atoms in total. The zero-order valence-corrected chi connectivity index (χ0v) is 15.6. The van der Waals surface area contributed by atoms with Crippen LogP contribution in [0.5, 0.6) is 0 Å². The first-order valence-electron chi connectivity index (χ1n) is 9.59. The summed E-state index contributed by atoms with van der Waals surface area (Å²) >= 11 is 0. The second-order valence-corrected chi connectivity index (χ2v) is 7.64. The maximum absolute atomic E-state index is 6.20. The molecular weight excluding hydrogens is 312 g/mol. The number of ether oxygens (including phenoxy) is 1. The average Bonchev–Trinajstić information content (AvgIpc) is 3.16. The highest BCUT2D eigenvalue weighted by atomic mass is 16.5. The van der Waals surface area contributed by atoms with E-state index in [4.69, 9.17) is 15.5 Å². The van der Waals surface area contributed by atoms with E-state index in [0.717, 1.165) is 38.3 Å². The molecule has 0 bridgehead atoms. The number of hydrogen-bond acceptors (Lipinski definition) is 3. The number of anilines is 1. The molecule has 3 rings (SSSR count). The largest absolute Gasteiger partial charge is 0.381 e. The van der Waals surface area contributed by atoms with Gasteiger partial charge in [0.25, 0.3) is 0 Å². The van der Waals surface area contributed by atoms with Crippen molar-refractivity contribution in [2.24, 2.45) is 10.7 Å². The maximum atomic E-state index is 6.20. The van der Waals surface area contributed by atoms with Crippen LogP contribution in [-0.2, 0) is 4.74 Å². The Labute approximate surface area is 151 Å². The van der Waals surface area contributed by atoms with Gasteiger partial charge in [-0.15, -0.1) is 0 Å². The quantitative estimate of drug-likeness (QED) is 0.636. The van der Waals surface area contributed by atoms with Crippen LogP contribution in [0.2, 0.25) is 0 Å². The van der Waals surface area contributed by atoms with Gasteiger partial charge in [-0.25, -0.2) is 0 Å². The van der Waals surface area contributed by atoms with Gasteiger partial charge in [0.05, 0.1) is 6.54 Å². The van der Waals surface area contributed by atoms with Gasteiger partial charge in [0, 0.05) is 24.4 Å². The van der Waals surface area contributed by atoms with E-state index in [-0.39, 0.29) is 5.54 Å². The fraction of sp³-hybridized carbons (Fsp3) is 0.650. The Hall–Kier alpha value is -1.59. The van der Waals surface area contributed by atoms with Gasteiger partial charge in [0.15, 0.2) is 5.96 Å². The van der Waals surface area contributed by atoms with Gasteiger partial charge in [0.1, 0.15) is 0 Å². The molecule has 1 aromatic carbocycles. The van der Waals surface area contributed by atoms with Crippen LogP contribution in [0.4, 0.5) is 5.69 Å². The lowest BCUT2D eigenvalue weighted by atomic mass is 9.88. The highest BCUT2D eigenvalue weighted by Gasteiger charge is 2.39. The second-order valence-electron chi connectivity index (χ2n) is 7.64. The summed E-state index contributed by atoms with van der Waals surface area (Å²) in [4.78, 5) is 7.34. The van der Waals surface area contributed by atoms with Crippen molar-refractivity contribution in [3.63, 3.8) is 0 Å². The molecule has 2 aliphatic heterocycles. The van der Waals surface area contributed by atoms with Gasteiger partial charge < -0.3 is 15.8 Å². The lowest BCUT2D eigenvalue weighted by Gasteiger charge is -2.43. The van der Waals surface area contributed by atoms with Crippen LogP contribution < -0.4 is 11.1 Å². The Bertz CT molecular complexity index is 587. The Morgan fingerprint density at radius 2 is 2.00 bits per heavy atom. The summed E-state index contributed by atoms with van der Waals surface area (Å²) in [6, 6.07) is 8.40. The predicted molar refractivity (Wildman–Crippen MR) is 104 cm³/mol. The van der Waals surface area contributed by atoms with E-state index in [0.29, 0.717) is 11.9 Å². The standard InChI is InChI=1S/C20H32N4O/c1-16(2)17-6-5-7-18(14-17)23-19(21)22-15-20(8-12-25-13-9-20)24-10-3-4-11-24/h5-7,14,16H,3-4,8-13,15H2,1-2H3,(H3,21,22,23). The summed E-state index contributed by atoms with van der Waals surface area (Å²) in [6.07, 6.45) is 4.68. The third-order valence-electron chi connectivity index (χ3n) is 5.57. The van der Waals surface area contributed by atoms with E-state index < -0.39 is 0 Å². The third-order valence-corrected chi connectivity index (χ3v) is 5.57. The molecule has 2 fully saturated rings. The molecule has 0 aromatic heterocycles. The highest BCUT2D eigenvalue weighted by Crippen LogP contribution is 2.31. The van der Waals surface area contributed by atoms with Gasteiger partial charge in [-0.05, 0) is 62.4 Å². The summed E-state index contributed by atoms with van der Waals surface area (Å²) in [6.45, 7) is 9.16. The number of likely N-dealkylation sites (tertiary alicyclic amines) is 1. The van der Waals surface area contributed by atoms with Crippen LogP contribution >= 0.6 is 0 Å². The number of guanidine groups is 1. The molecule has 3 N–H and O–H groups in total. The molecular formula is C20H32N4O. The van der Waals surface area contributed by atoms with E-state index >= 15 is 0 Å². The second kappa shape index (κ2) is 8.19. The lowest BCUT2D eigenvalue weighted by Crippen LogP contribution is -2.53. The molecule has 0 atom stereocenters. The van der Waals surface area contributed by atoms with Crippen LogP contribution in [0.25, 0.3) is 0 Å². The van der Waals surface area contributed by atoms with Crippen LogP contribution in [0.1, 0.15) is 51.0 Å². The van der Waals surface area contributed by atoms with E-state index in [2.05, 4.69) is 42.3 Å². The minimum Gasteiger partial charge on any atom is -0.381 e. The topological polar surface area (TPSA) is 62.9 Å². The number of nitrogens with zero attached hydrogens (tertiary/aromatic N) is 2. The van der Waals surface area contributed by atoms with E-state index in [9.17, 15) is 0 Å². The van der Waals surface area contributed by atoms with E-state index in [1.165, 1.54) is 31.5 Å². The smallest absolute Gasteiger partial charge is 0.193 e. The maximum Gasteiger partial charge on any atom is 0.193 e. The summed E-state index contributed by atoms with van der Waals surface area (Å²) in [5, 5.41) is 3.26. The molecule has 0 radical (unpaired) electrons. The summed E-state index contributed by atoms with van der Waals surface area (Å²) in [5.74, 6) is 1.01. The molecule has 0 unspecified atom stereocenters. The molecule has 2 saturated heterocycles. The van der Waals surface area contributed by atoms with E-state index in [1.807, 2.05) is 6.07 Å². The van der Waals surface area contributed by atoms with Gasteiger partial charge >= 0.3 is 0 Å². The zero-order valence-electron chi connectivity index (χ0n) is 15.6. The number of rotatable bonds is 5. The molecule has 0 saturated carbocycles. The predicted octanol–water partition coefficient (Wildman–Crippen LogP) is 3.18. The molecule has 2 heterocycles. The van der Waals surface area contributed by atoms with Crippen molar-refractivity contribution in [3.8, 4) is 0 Å². The minimum atomic E-state index is 0.126. The Balaban J connectivity index is 1.67. The normalized spacial score (nSPS) is 21.6. The van der Waals surface area contributed by atoms with Gasteiger partial charge in [-0.1, -0.05) is 26.0 Å². The average molecular weight is 345 g/mol. The zero-order chi connectivity index (χ0) is 17.7. The molecule has 2 aliphatic rings. The molecule has 0 amide bonds. The summed E-state index contributed by atoms with van der Waals surface area (Å²) < 4.78 is 5.60. The lowest BCUT2D eigenvalue weighted by molar-refractivity contribution is -0.0138. The molecule has 25 heavy (non-hydrogen) atoms. The first-order chi connectivity index (χ1) is 12.1. The van der Waals surface area contributed by atoms with Crippen molar-refractivity contribution in [1.82, 2.24) is 4.90 Å². The fourth-order valence-corrected chi connectivity index (χ4v) is 3.91. The first kappa shape index (κ1) is 18.2. The summed E-state index contributed by atoms with van der Waals surface area (Å²) in [7, 11) is 0. The van der Waals surface area contributed by atoms with Crippen molar-refractivity contribution in [3.05, 3.63) is 29.8 Å². The van der Waals surface area contributed by atoms with Gasteiger partial charge in [0.2, 0.25) is 0 Å². The number of aliphatic imine (C=N–C) groups is 1. The fourth-order valence-electron chi connectivity index (χ4n) is 3.91. The SMILES string of the molecule is CC(C)c1cccc(NC(N)=NCC2(N3CCCC3)CCOCC2)c1. The van der Waals surface area contributed by atoms with Crippen molar-refractivity contribution in [2.75, 3.05) is 38.2 Å². The Morgan fingerprint density at radius 3 is 2.68 bits per heavy atom. The molecule has 138 valence electrons. The highest BCUT2D eigenvalue weighted by molar-refractivity contribution is 5.92. The molecule has 0 spiro atoms. The minimum absolute atomic E-state index is 0.126. The van der Waals surface area contributed by atoms with Crippen LogP contribution in [-0.4, -0.2) is 49.2 Å². The Morgan fingerprint density at radius 1 is 1.28 bits per heavy atom. The number of nitrogens with one attached hydrogen (secondary N) is 1. The Kier molecular flexibility index (Phi) is 5.97. The van der Waals surface area contributed by atoms with Gasteiger partial charge in [-0.2, -0.15) is 0 Å². The monoisotopic (exact) mass is 344 g/mol. The van der Waals surface area contributed by atoms with Crippen molar-refractivity contribution < 1.29 is 4.74 Å². The van der Waals surface area contributed by atoms with E-state index in [1.54, 1.807) is 0 Å². The summed E-state index contributed by atoms with van der Waals surface area (Å²) in [5.41, 5.74) is 8.63. The molecule has 1 aromatic rings. The van der Waals surface area contributed by atoms with Gasteiger partial charge in [-0.3, -0.25) is 9.89 Å². The molecule has 0 aliphatic carbocycles. The number of nitrogens with two attached hydrogens (primary N) is 1. The third kappa shape index (κ3) is 4.53. The van der Waals surface area contributed by atoms with Crippen molar-refractivity contribution in [1.29, 1.82) is 0 Å². The van der Waals surface area contributed by atoms with Crippen LogP contribution in [0.15, 0.2) is 29.3 Å².